The summed E-state index contributed by atoms with van der Waals surface area (Å²) >= 11 is 0. The third-order valence-corrected chi connectivity index (χ3v) is 11.0. The van der Waals surface area contributed by atoms with Crippen molar-refractivity contribution in [2.24, 2.45) is 46.3 Å². The lowest BCUT2D eigenvalue weighted by molar-refractivity contribution is -0.172. The second-order valence-electron chi connectivity index (χ2n) is 12.6. The highest BCUT2D eigenvalue weighted by atomic mass is 16.4. The second-order valence-corrected chi connectivity index (χ2v) is 12.6. The summed E-state index contributed by atoms with van der Waals surface area (Å²) in [6.45, 7) is 8.65. The standard InChI is InChI=1S/C27H45NO5/c1-15(5-8-24(31)28-16(2)25(32)33)19-6-7-20-18-14-23(30)22-13-17(29)9-11-27(22,4)21(18)10-12-26(19,20)3/h15-23,29-30H,5-14H2,1-4H3,(H,28,31)(H,32,33)/t15-,16+,17-,18+,19-,20+,21+,22+,23+,26-,27-/m1/s1. The minimum absolute atomic E-state index is 0.144. The molecule has 4 fully saturated rings. The molecule has 4 saturated carbocycles. The lowest BCUT2D eigenvalue weighted by Crippen LogP contribution is -2.58. The first-order valence-corrected chi connectivity index (χ1v) is 13.4. The van der Waals surface area contributed by atoms with Crippen LogP contribution in [0.4, 0.5) is 0 Å². The molecule has 4 rings (SSSR count). The lowest BCUT2D eigenvalue weighted by Gasteiger charge is -2.62. The number of fused-ring (bicyclic) bond motifs is 5. The average Bonchev–Trinajstić information content (AvgIpc) is 3.11. The molecular weight excluding hydrogens is 418 g/mol. The SMILES string of the molecule is C[C@H](NC(=O)CC[C@@H](C)[C@H]1CC[C@H]2[C@@H]3C[C@H](O)[C@@H]4C[C@H](O)CC[C@]4(C)[C@H]3CC[C@]12C)C(=O)O. The number of hydrogen-bond acceptors (Lipinski definition) is 4. The fourth-order valence-electron chi connectivity index (χ4n) is 9.19. The monoisotopic (exact) mass is 463 g/mol. The molecule has 188 valence electrons. The van der Waals surface area contributed by atoms with Crippen LogP contribution >= 0.6 is 0 Å². The van der Waals surface area contributed by atoms with Gasteiger partial charge in [-0.1, -0.05) is 20.8 Å². The van der Waals surface area contributed by atoms with Crippen LogP contribution in [0, 0.1) is 46.3 Å². The van der Waals surface area contributed by atoms with Gasteiger partial charge in [-0.3, -0.25) is 9.59 Å². The van der Waals surface area contributed by atoms with E-state index in [1.165, 1.54) is 32.6 Å². The van der Waals surface area contributed by atoms with Gasteiger partial charge in [0.05, 0.1) is 12.2 Å². The van der Waals surface area contributed by atoms with Crippen LogP contribution in [0.15, 0.2) is 0 Å². The molecule has 4 aliphatic rings. The highest BCUT2D eigenvalue weighted by Gasteiger charge is 2.62. The number of aliphatic carboxylic acids is 1. The molecule has 0 unspecified atom stereocenters. The van der Waals surface area contributed by atoms with Crippen LogP contribution in [0.5, 0.6) is 0 Å². The van der Waals surface area contributed by atoms with Crippen molar-refractivity contribution in [3.05, 3.63) is 0 Å². The van der Waals surface area contributed by atoms with E-state index in [1.807, 2.05) is 0 Å². The first-order chi connectivity index (χ1) is 15.5. The molecule has 0 spiro atoms. The van der Waals surface area contributed by atoms with E-state index in [-0.39, 0.29) is 34.9 Å². The number of carboxylic acids is 1. The van der Waals surface area contributed by atoms with E-state index in [9.17, 15) is 19.8 Å². The molecule has 11 atom stereocenters. The molecule has 0 aromatic carbocycles. The number of aliphatic hydroxyl groups excluding tert-OH is 2. The summed E-state index contributed by atoms with van der Waals surface area (Å²) in [6.07, 6.45) is 8.99. The van der Waals surface area contributed by atoms with Crippen molar-refractivity contribution < 1.29 is 24.9 Å². The van der Waals surface area contributed by atoms with Gasteiger partial charge in [-0.25, -0.2) is 0 Å². The first kappa shape index (κ1) is 25.0. The Labute approximate surface area is 198 Å². The van der Waals surface area contributed by atoms with Gasteiger partial charge in [0.25, 0.3) is 0 Å². The van der Waals surface area contributed by atoms with Crippen LogP contribution < -0.4 is 5.32 Å². The molecule has 0 saturated heterocycles. The van der Waals surface area contributed by atoms with Gasteiger partial charge in [-0.05, 0) is 111 Å². The molecule has 33 heavy (non-hydrogen) atoms. The number of carboxylic acid groups (broad SMARTS) is 1. The van der Waals surface area contributed by atoms with Crippen molar-refractivity contribution in [2.75, 3.05) is 0 Å². The summed E-state index contributed by atoms with van der Waals surface area (Å²) in [4.78, 5) is 23.2. The summed E-state index contributed by atoms with van der Waals surface area (Å²) in [5.41, 5.74) is 0.397. The van der Waals surface area contributed by atoms with Crippen LogP contribution in [0.3, 0.4) is 0 Å². The van der Waals surface area contributed by atoms with Crippen molar-refractivity contribution in [1.82, 2.24) is 5.32 Å². The number of carbonyl (C=O) groups excluding carboxylic acids is 1. The number of rotatable bonds is 6. The predicted molar refractivity (Wildman–Crippen MR) is 126 cm³/mol. The largest absolute Gasteiger partial charge is 0.480 e. The molecule has 0 aromatic rings. The summed E-state index contributed by atoms with van der Waals surface area (Å²) < 4.78 is 0. The number of aliphatic hydroxyl groups is 2. The van der Waals surface area contributed by atoms with Gasteiger partial charge >= 0.3 is 5.97 Å². The van der Waals surface area contributed by atoms with Crippen LogP contribution in [0.25, 0.3) is 0 Å². The Bertz CT molecular complexity index is 757. The van der Waals surface area contributed by atoms with E-state index < -0.39 is 12.0 Å². The first-order valence-electron chi connectivity index (χ1n) is 13.4. The minimum Gasteiger partial charge on any atom is -0.480 e. The van der Waals surface area contributed by atoms with Gasteiger partial charge in [-0.2, -0.15) is 0 Å². The van der Waals surface area contributed by atoms with Gasteiger partial charge in [0, 0.05) is 6.42 Å². The van der Waals surface area contributed by atoms with E-state index in [4.69, 9.17) is 5.11 Å². The van der Waals surface area contributed by atoms with Crippen molar-refractivity contribution in [2.45, 2.75) is 110 Å². The highest BCUT2D eigenvalue weighted by Crippen LogP contribution is 2.68. The van der Waals surface area contributed by atoms with Gasteiger partial charge in [0.1, 0.15) is 6.04 Å². The molecule has 0 bridgehead atoms. The molecule has 0 radical (unpaired) electrons. The second kappa shape index (κ2) is 9.14. The quantitative estimate of drug-likeness (QED) is 0.477. The Morgan fingerprint density at radius 1 is 0.939 bits per heavy atom. The topological polar surface area (TPSA) is 107 Å². The van der Waals surface area contributed by atoms with Crippen LogP contribution in [-0.4, -0.2) is 45.4 Å². The molecule has 6 nitrogen and oxygen atoms in total. The summed E-state index contributed by atoms with van der Waals surface area (Å²) in [7, 11) is 0. The van der Waals surface area contributed by atoms with Gasteiger partial charge in [-0.15, -0.1) is 0 Å². The van der Waals surface area contributed by atoms with E-state index in [1.54, 1.807) is 0 Å². The number of hydrogen-bond donors (Lipinski definition) is 4. The van der Waals surface area contributed by atoms with Crippen molar-refractivity contribution in [1.29, 1.82) is 0 Å². The molecule has 0 aromatic heterocycles. The maximum absolute atomic E-state index is 12.2. The fourth-order valence-corrected chi connectivity index (χ4v) is 9.19. The number of amides is 1. The Balaban J connectivity index is 1.42. The summed E-state index contributed by atoms with van der Waals surface area (Å²) in [5.74, 6) is 1.89. The molecule has 4 N–H and O–H groups in total. The minimum atomic E-state index is -1.00. The maximum Gasteiger partial charge on any atom is 0.325 e. The van der Waals surface area contributed by atoms with E-state index in [0.29, 0.717) is 36.0 Å². The molecule has 4 aliphatic carbocycles. The summed E-state index contributed by atoms with van der Waals surface area (Å²) in [6, 6.07) is -0.847. The smallest absolute Gasteiger partial charge is 0.325 e. The van der Waals surface area contributed by atoms with Crippen LogP contribution in [0.2, 0.25) is 0 Å². The third-order valence-electron chi connectivity index (χ3n) is 11.0. The average molecular weight is 464 g/mol. The third kappa shape index (κ3) is 4.35. The highest BCUT2D eigenvalue weighted by molar-refractivity contribution is 5.83. The zero-order valence-corrected chi connectivity index (χ0v) is 20.9. The Hall–Kier alpha value is -1.14. The Morgan fingerprint density at radius 3 is 2.30 bits per heavy atom. The van der Waals surface area contributed by atoms with E-state index in [0.717, 1.165) is 32.1 Å². The molecule has 0 heterocycles. The Kier molecular flexibility index (Phi) is 6.92. The van der Waals surface area contributed by atoms with Crippen molar-refractivity contribution >= 4 is 11.9 Å². The summed E-state index contributed by atoms with van der Waals surface area (Å²) in [5, 5.41) is 33.0. The fraction of sp³-hybridized carbons (Fsp3) is 0.926. The normalized spacial score (nSPS) is 46.4. The van der Waals surface area contributed by atoms with E-state index >= 15 is 0 Å². The van der Waals surface area contributed by atoms with E-state index in [2.05, 4.69) is 26.1 Å². The zero-order chi connectivity index (χ0) is 24.1. The molecule has 6 heteroatoms. The van der Waals surface area contributed by atoms with Crippen LogP contribution in [0.1, 0.15) is 91.9 Å². The van der Waals surface area contributed by atoms with Gasteiger partial charge in [0.15, 0.2) is 0 Å². The van der Waals surface area contributed by atoms with Gasteiger partial charge < -0.3 is 20.6 Å². The zero-order valence-electron chi connectivity index (χ0n) is 20.9. The number of nitrogens with one attached hydrogen (secondary N) is 1. The lowest BCUT2D eigenvalue weighted by atomic mass is 9.44. The molecule has 1 amide bonds. The maximum atomic E-state index is 12.2. The van der Waals surface area contributed by atoms with Crippen molar-refractivity contribution in [3.8, 4) is 0 Å². The predicted octanol–water partition coefficient (Wildman–Crippen LogP) is 3.98. The molecular formula is C27H45NO5. The van der Waals surface area contributed by atoms with Crippen LogP contribution in [-0.2, 0) is 9.59 Å². The van der Waals surface area contributed by atoms with Crippen molar-refractivity contribution in [3.63, 3.8) is 0 Å². The molecule has 0 aliphatic heterocycles. The van der Waals surface area contributed by atoms with Gasteiger partial charge in [0.2, 0.25) is 5.91 Å². The number of carbonyl (C=O) groups is 2. The Morgan fingerprint density at radius 2 is 1.61 bits per heavy atom.